The van der Waals surface area contributed by atoms with Gasteiger partial charge in [0.05, 0.1) is 0 Å². The summed E-state index contributed by atoms with van der Waals surface area (Å²) in [5, 5.41) is 0. The van der Waals surface area contributed by atoms with E-state index in [1.807, 2.05) is 12.3 Å². The van der Waals surface area contributed by atoms with Gasteiger partial charge < -0.3 is 0 Å². The lowest BCUT2D eigenvalue weighted by Crippen LogP contribution is -2.55. The van der Waals surface area contributed by atoms with Gasteiger partial charge in [-0.15, -0.1) is 0 Å². The molecule has 4 nitrogen and oxygen atoms in total. The van der Waals surface area contributed by atoms with Gasteiger partial charge in [0, 0.05) is 39.9 Å². The van der Waals surface area contributed by atoms with E-state index >= 15 is 0 Å². The lowest BCUT2D eigenvalue weighted by Gasteiger charge is -2.61. The summed E-state index contributed by atoms with van der Waals surface area (Å²) >= 11 is 0. The number of nitrogens with zero attached hydrogens (tertiary/aromatic N) is 4. The third-order valence-electron chi connectivity index (χ3n) is 13.2. The first-order chi connectivity index (χ1) is 24.0. The summed E-state index contributed by atoms with van der Waals surface area (Å²) < 4.78 is 0. The van der Waals surface area contributed by atoms with Crippen molar-refractivity contribution >= 4 is 0 Å². The molecule has 0 amide bonds. The maximum Gasteiger partial charge on any atom is 0.164 e. The first-order valence-electron chi connectivity index (χ1n) is 18.1. The summed E-state index contributed by atoms with van der Waals surface area (Å²) in [6.45, 7) is 4.65. The maximum absolute atomic E-state index is 5.25. The van der Waals surface area contributed by atoms with Crippen molar-refractivity contribution in [3.63, 3.8) is 0 Å². The predicted octanol–water partition coefficient (Wildman–Crippen LogP) is 10.3. The molecule has 4 saturated carbocycles. The van der Waals surface area contributed by atoms with Crippen LogP contribution in [-0.2, 0) is 10.8 Å². The van der Waals surface area contributed by atoms with Crippen LogP contribution in [0.2, 0.25) is 0 Å². The number of fused-ring (bicyclic) bond motifs is 6. The lowest BCUT2D eigenvalue weighted by molar-refractivity contribution is -0.0400. The molecule has 6 aliphatic rings. The van der Waals surface area contributed by atoms with E-state index in [4.69, 9.17) is 19.9 Å². The van der Waals surface area contributed by atoms with Crippen molar-refractivity contribution in [2.45, 2.75) is 56.8 Å². The van der Waals surface area contributed by atoms with Gasteiger partial charge >= 0.3 is 0 Å². The van der Waals surface area contributed by atoms with E-state index in [9.17, 15) is 0 Å². The van der Waals surface area contributed by atoms with Crippen molar-refractivity contribution in [3.8, 4) is 56.4 Å². The second-order valence-corrected chi connectivity index (χ2v) is 16.0. The Morgan fingerprint density at radius 3 is 1.86 bits per heavy atom. The second kappa shape index (κ2) is 9.81. The molecule has 6 aromatic rings. The van der Waals surface area contributed by atoms with Gasteiger partial charge in [-0.1, -0.05) is 92.7 Å². The Hall–Kier alpha value is -4.96. The van der Waals surface area contributed by atoms with Gasteiger partial charge in [-0.05, 0) is 118 Å². The number of aromatic nitrogens is 4. The van der Waals surface area contributed by atoms with Crippen LogP contribution in [0.4, 0.5) is 0 Å². The zero-order valence-corrected chi connectivity index (χ0v) is 28.0. The van der Waals surface area contributed by atoms with Crippen molar-refractivity contribution < 1.29 is 0 Å². The minimum Gasteiger partial charge on any atom is -0.264 e. The second-order valence-electron chi connectivity index (χ2n) is 16.0. The Labute approximate surface area is 287 Å². The van der Waals surface area contributed by atoms with Gasteiger partial charge in [0.2, 0.25) is 0 Å². The number of hydrogen-bond donors (Lipinski definition) is 0. The first-order valence-corrected chi connectivity index (χ1v) is 18.1. The third-order valence-corrected chi connectivity index (χ3v) is 13.2. The van der Waals surface area contributed by atoms with E-state index < -0.39 is 0 Å². The van der Waals surface area contributed by atoms with E-state index in [1.165, 1.54) is 76.6 Å². The summed E-state index contributed by atoms with van der Waals surface area (Å²) in [6, 6.07) is 35.2. The number of benzene rings is 4. The number of hydrogen-bond acceptors (Lipinski definition) is 4. The average Bonchev–Trinajstić information content (AvgIpc) is 3.56. The highest BCUT2D eigenvalue weighted by Gasteiger charge is 2.61. The van der Waals surface area contributed by atoms with Crippen molar-refractivity contribution in [1.29, 1.82) is 0 Å². The molecule has 0 N–H and O–H groups in total. The number of pyridine rings is 1. The molecule has 12 rings (SSSR count). The van der Waals surface area contributed by atoms with Crippen LogP contribution in [0, 0.1) is 23.7 Å². The molecule has 0 aliphatic heterocycles. The zero-order valence-electron chi connectivity index (χ0n) is 28.0. The van der Waals surface area contributed by atoms with Crippen LogP contribution >= 0.6 is 0 Å². The predicted molar refractivity (Wildman–Crippen MR) is 195 cm³/mol. The molecular weight excluding hydrogens is 597 g/mol. The SMILES string of the molecule is CC1(C)c2ccccc2-c2ccc(-c3nc(-c4ccccc4)nc(-c4ccc5c(c4)-c4ccncc4C54C5CC6CC(C5)CC4C6)n3)cc21. The normalized spacial score (nSPS) is 26.0. The highest BCUT2D eigenvalue weighted by molar-refractivity contribution is 5.85. The molecule has 4 heteroatoms. The Bertz CT molecular complexity index is 2310. The van der Waals surface area contributed by atoms with Gasteiger partial charge in [0.15, 0.2) is 17.5 Å². The monoisotopic (exact) mass is 634 g/mol. The van der Waals surface area contributed by atoms with Crippen molar-refractivity contribution in [2.24, 2.45) is 23.7 Å². The third kappa shape index (κ3) is 3.75. The van der Waals surface area contributed by atoms with Crippen LogP contribution in [0.3, 0.4) is 0 Å². The Morgan fingerprint density at radius 1 is 0.490 bits per heavy atom. The van der Waals surface area contributed by atoms with E-state index in [1.54, 1.807) is 0 Å². The van der Waals surface area contributed by atoms with Gasteiger partial charge in [-0.3, -0.25) is 4.98 Å². The van der Waals surface area contributed by atoms with Crippen molar-refractivity contribution in [1.82, 2.24) is 19.9 Å². The fraction of sp³-hybridized carbons (Fsp3) is 0.289. The summed E-state index contributed by atoms with van der Waals surface area (Å²) in [5.41, 5.74) is 14.1. The van der Waals surface area contributed by atoms with Crippen LogP contribution in [0.5, 0.6) is 0 Å². The summed E-state index contributed by atoms with van der Waals surface area (Å²) in [4.78, 5) is 20.3. The van der Waals surface area contributed by atoms with E-state index in [0.29, 0.717) is 23.5 Å². The first kappa shape index (κ1) is 27.9. The van der Waals surface area contributed by atoms with Gasteiger partial charge in [-0.25, -0.2) is 15.0 Å². The molecule has 2 aromatic heterocycles. The molecule has 1 spiro atoms. The molecule has 4 aromatic carbocycles. The number of rotatable bonds is 3. The van der Waals surface area contributed by atoms with Gasteiger partial charge in [-0.2, -0.15) is 0 Å². The Balaban J connectivity index is 1.08. The average molecular weight is 635 g/mol. The minimum absolute atomic E-state index is 0.0964. The molecule has 4 fully saturated rings. The standard InChI is InChI=1S/C45H38N4/c1-44(2)37-11-7-6-10-33(37)34-14-12-30(24-39(34)44)43-48-41(28-8-4-3-5-9-28)47-42(49-43)29-13-15-38-36(23-29)35-16-17-46-25-40(35)45(38)31-19-26-18-27(21-31)22-32(45)20-26/h3-17,23-27,31-32H,18-22H2,1-2H3. The van der Waals surface area contributed by atoms with E-state index in [2.05, 4.69) is 111 Å². The molecule has 4 bridgehead atoms. The highest BCUT2D eigenvalue weighted by atomic mass is 15.0. The Kier molecular flexibility index (Phi) is 5.60. The minimum atomic E-state index is -0.101. The molecule has 0 radical (unpaired) electrons. The fourth-order valence-electron chi connectivity index (χ4n) is 11.4. The zero-order chi connectivity index (χ0) is 32.5. The van der Waals surface area contributed by atoms with E-state index in [0.717, 1.165) is 34.4 Å². The molecule has 0 saturated heterocycles. The summed E-state index contributed by atoms with van der Waals surface area (Å²) in [7, 11) is 0. The molecule has 0 atom stereocenters. The highest BCUT2D eigenvalue weighted by Crippen LogP contribution is 2.69. The van der Waals surface area contributed by atoms with Gasteiger partial charge in [0.25, 0.3) is 0 Å². The molecule has 6 aliphatic carbocycles. The largest absolute Gasteiger partial charge is 0.264 e. The molecular formula is C45H38N4. The maximum atomic E-state index is 5.25. The topological polar surface area (TPSA) is 51.6 Å². The van der Waals surface area contributed by atoms with Crippen LogP contribution in [-0.4, -0.2) is 19.9 Å². The van der Waals surface area contributed by atoms with Crippen molar-refractivity contribution in [3.05, 3.63) is 132 Å². The van der Waals surface area contributed by atoms with Crippen LogP contribution in [0.1, 0.15) is 68.2 Å². The molecule has 2 heterocycles. The summed E-state index contributed by atoms with van der Waals surface area (Å²) in [6.07, 6.45) is 11.1. The molecule has 238 valence electrons. The van der Waals surface area contributed by atoms with Gasteiger partial charge in [0.1, 0.15) is 0 Å². The smallest absolute Gasteiger partial charge is 0.164 e. The Morgan fingerprint density at radius 2 is 1.10 bits per heavy atom. The quantitative estimate of drug-likeness (QED) is 0.194. The van der Waals surface area contributed by atoms with Crippen LogP contribution in [0.15, 0.2) is 109 Å². The van der Waals surface area contributed by atoms with E-state index in [-0.39, 0.29) is 10.8 Å². The lowest BCUT2D eigenvalue weighted by atomic mass is 9.43. The molecule has 49 heavy (non-hydrogen) atoms. The van der Waals surface area contributed by atoms with Crippen molar-refractivity contribution in [2.75, 3.05) is 0 Å². The van der Waals surface area contributed by atoms with Crippen LogP contribution in [0.25, 0.3) is 56.4 Å². The fourth-order valence-corrected chi connectivity index (χ4v) is 11.4. The summed E-state index contributed by atoms with van der Waals surface area (Å²) in [5.74, 6) is 5.37. The molecule has 0 unspecified atom stereocenters. The van der Waals surface area contributed by atoms with Crippen LogP contribution < -0.4 is 0 Å².